The molecule has 0 atom stereocenters. The van der Waals surface area contributed by atoms with Crippen LogP contribution in [-0.2, 0) is 17.6 Å². The summed E-state index contributed by atoms with van der Waals surface area (Å²) in [6.45, 7) is -3.28. The summed E-state index contributed by atoms with van der Waals surface area (Å²) >= 11 is 0. The van der Waals surface area contributed by atoms with Gasteiger partial charge in [-0.05, 0) is 48.2 Å². The van der Waals surface area contributed by atoms with E-state index in [2.05, 4.69) is 10.1 Å². The molecule has 2 aromatic carbocycles. The largest absolute Gasteiger partial charge is 0.493 e. The van der Waals surface area contributed by atoms with E-state index in [1.807, 2.05) is 12.1 Å². The second-order valence-electron chi connectivity index (χ2n) is 5.99. The van der Waals surface area contributed by atoms with Crippen LogP contribution in [0.1, 0.15) is 11.1 Å². The molecule has 7 nitrogen and oxygen atoms in total. The number of anilines is 1. The summed E-state index contributed by atoms with van der Waals surface area (Å²) in [5, 5.41) is 2.48. The molecule has 0 spiro atoms. The number of ether oxygens (including phenoxy) is 4. The number of carbonyl (C=O) groups excluding carboxylic acids is 1. The Kier molecular flexibility index (Phi) is 8.02. The third-order valence-electron chi connectivity index (χ3n) is 4.15. The van der Waals surface area contributed by atoms with E-state index >= 15 is 0 Å². The molecule has 158 valence electrons. The lowest BCUT2D eigenvalue weighted by Gasteiger charge is -2.15. The minimum atomic E-state index is -3.01. The Morgan fingerprint density at radius 2 is 1.59 bits per heavy atom. The lowest BCUT2D eigenvalue weighted by molar-refractivity contribution is -0.115. The van der Waals surface area contributed by atoms with Crippen LogP contribution >= 0.6 is 0 Å². The summed E-state index contributed by atoms with van der Waals surface area (Å²) in [4.78, 5) is 11.6. The number of hydrogen-bond acceptors (Lipinski definition) is 6. The highest BCUT2D eigenvalue weighted by molar-refractivity contribution is 5.93. The molecule has 0 aliphatic heterocycles. The number of hydrogen-bond donors (Lipinski definition) is 2. The summed E-state index contributed by atoms with van der Waals surface area (Å²) in [6, 6.07) is 8.32. The number of rotatable bonds is 10. The van der Waals surface area contributed by atoms with Gasteiger partial charge in [0.25, 0.3) is 0 Å². The van der Waals surface area contributed by atoms with Crippen LogP contribution < -0.4 is 30.0 Å². The van der Waals surface area contributed by atoms with E-state index in [9.17, 15) is 13.6 Å². The maximum absolute atomic E-state index is 12.6. The second kappa shape index (κ2) is 10.5. The van der Waals surface area contributed by atoms with Crippen LogP contribution in [0.25, 0.3) is 0 Å². The lowest BCUT2D eigenvalue weighted by Crippen LogP contribution is -2.22. The smallest absolute Gasteiger partial charge is 0.387 e. The first-order valence-corrected chi connectivity index (χ1v) is 8.78. The highest BCUT2D eigenvalue weighted by Gasteiger charge is 2.15. The minimum Gasteiger partial charge on any atom is -0.493 e. The molecule has 0 radical (unpaired) electrons. The van der Waals surface area contributed by atoms with Gasteiger partial charge in [-0.3, -0.25) is 4.79 Å². The van der Waals surface area contributed by atoms with E-state index in [4.69, 9.17) is 19.9 Å². The van der Waals surface area contributed by atoms with E-state index in [1.165, 1.54) is 27.4 Å². The molecule has 1 amide bonds. The molecule has 9 heteroatoms. The van der Waals surface area contributed by atoms with Crippen molar-refractivity contribution in [3.05, 3.63) is 41.5 Å². The summed E-state index contributed by atoms with van der Waals surface area (Å²) in [6.07, 6.45) is 1.18. The van der Waals surface area contributed by atoms with Gasteiger partial charge in [-0.2, -0.15) is 8.78 Å². The molecule has 0 aliphatic rings. The number of aryl methyl sites for hydroxylation is 2. The minimum absolute atomic E-state index is 0.127. The molecule has 3 N–H and O–H groups in total. The Labute approximate surface area is 167 Å². The van der Waals surface area contributed by atoms with Crippen molar-refractivity contribution in [3.8, 4) is 23.0 Å². The van der Waals surface area contributed by atoms with Crippen molar-refractivity contribution < 1.29 is 32.5 Å². The van der Waals surface area contributed by atoms with Gasteiger partial charge in [0.1, 0.15) is 5.75 Å². The molecule has 2 aromatic rings. The van der Waals surface area contributed by atoms with Gasteiger partial charge in [-0.25, -0.2) is 0 Å². The van der Waals surface area contributed by atoms with Gasteiger partial charge in [0.2, 0.25) is 11.7 Å². The van der Waals surface area contributed by atoms with Gasteiger partial charge in [-0.1, -0.05) is 6.07 Å². The molecule has 2 rings (SSSR count). The first-order chi connectivity index (χ1) is 13.9. The van der Waals surface area contributed by atoms with Gasteiger partial charge < -0.3 is 30.0 Å². The molecule has 0 heterocycles. The lowest BCUT2D eigenvalue weighted by atomic mass is 10.0. The van der Waals surface area contributed by atoms with E-state index in [0.29, 0.717) is 30.1 Å². The second-order valence-corrected chi connectivity index (χ2v) is 5.99. The van der Waals surface area contributed by atoms with Crippen molar-refractivity contribution in [1.29, 1.82) is 0 Å². The van der Waals surface area contributed by atoms with Gasteiger partial charge in [-0.15, -0.1) is 0 Å². The number of alkyl halides is 2. The van der Waals surface area contributed by atoms with Crippen LogP contribution in [0.3, 0.4) is 0 Å². The summed E-state index contributed by atoms with van der Waals surface area (Å²) in [5.41, 5.74) is 7.17. The molecule has 0 saturated carbocycles. The molecule has 0 bridgehead atoms. The number of methoxy groups -OCH3 is 3. The number of nitrogens with one attached hydrogen (secondary N) is 1. The van der Waals surface area contributed by atoms with Crippen LogP contribution in [0.5, 0.6) is 23.0 Å². The number of nitrogens with two attached hydrogens (primary N) is 1. The van der Waals surface area contributed by atoms with Gasteiger partial charge in [0, 0.05) is 0 Å². The first kappa shape index (κ1) is 22.2. The maximum Gasteiger partial charge on any atom is 0.387 e. The molecule has 0 aromatic heterocycles. The van der Waals surface area contributed by atoms with E-state index in [-0.39, 0.29) is 18.0 Å². The Morgan fingerprint density at radius 3 is 2.10 bits per heavy atom. The monoisotopic (exact) mass is 410 g/mol. The van der Waals surface area contributed by atoms with E-state index < -0.39 is 12.5 Å². The molecule has 0 aliphatic carbocycles. The van der Waals surface area contributed by atoms with Crippen molar-refractivity contribution in [1.82, 2.24) is 0 Å². The molecular formula is C20H24F2N2O5. The number of amides is 1. The zero-order valence-corrected chi connectivity index (χ0v) is 16.5. The highest BCUT2D eigenvalue weighted by atomic mass is 19.3. The fourth-order valence-corrected chi connectivity index (χ4v) is 2.80. The molecule has 29 heavy (non-hydrogen) atoms. The van der Waals surface area contributed by atoms with Crippen molar-refractivity contribution >= 4 is 11.6 Å². The third-order valence-corrected chi connectivity index (χ3v) is 4.15. The van der Waals surface area contributed by atoms with Crippen LogP contribution in [-0.4, -0.2) is 40.4 Å². The number of benzene rings is 2. The first-order valence-electron chi connectivity index (χ1n) is 8.78. The zero-order valence-electron chi connectivity index (χ0n) is 16.5. The standard InChI is InChI=1S/C20H24F2N2O5/c1-26-16-9-13(10-17(27-2)19(16)28-3)5-4-12-6-7-15(29-20(21)22)14(8-12)24-18(25)11-23/h6-10,20H,4-5,11,23H2,1-3H3,(H,24,25). The van der Waals surface area contributed by atoms with Crippen molar-refractivity contribution in [2.75, 3.05) is 33.2 Å². The Balaban J connectivity index is 2.23. The molecule has 0 unspecified atom stereocenters. The molecule has 0 fully saturated rings. The maximum atomic E-state index is 12.6. The Hall–Kier alpha value is -3.07. The van der Waals surface area contributed by atoms with Gasteiger partial charge in [0.15, 0.2) is 11.5 Å². The average Bonchev–Trinajstić information content (AvgIpc) is 2.72. The fourth-order valence-electron chi connectivity index (χ4n) is 2.80. The normalized spacial score (nSPS) is 10.6. The summed E-state index contributed by atoms with van der Waals surface area (Å²) in [7, 11) is 4.60. The van der Waals surface area contributed by atoms with Crippen LogP contribution in [0.2, 0.25) is 0 Å². The predicted molar refractivity (Wildman–Crippen MR) is 104 cm³/mol. The van der Waals surface area contributed by atoms with E-state index in [0.717, 1.165) is 11.1 Å². The summed E-state index contributed by atoms with van der Waals surface area (Å²) in [5.74, 6) is 0.945. The van der Waals surface area contributed by atoms with Gasteiger partial charge in [0.05, 0.1) is 33.6 Å². The molecular weight excluding hydrogens is 386 g/mol. The van der Waals surface area contributed by atoms with Crippen LogP contribution in [0, 0.1) is 0 Å². The predicted octanol–water partition coefficient (Wildman–Crippen LogP) is 3.00. The van der Waals surface area contributed by atoms with Crippen molar-refractivity contribution in [3.63, 3.8) is 0 Å². The third kappa shape index (κ3) is 5.95. The SMILES string of the molecule is COc1cc(CCc2ccc(OC(F)F)c(NC(=O)CN)c2)cc(OC)c1OC. The fraction of sp³-hybridized carbons (Fsp3) is 0.350. The van der Waals surface area contributed by atoms with Crippen LogP contribution in [0.15, 0.2) is 30.3 Å². The highest BCUT2D eigenvalue weighted by Crippen LogP contribution is 2.38. The van der Waals surface area contributed by atoms with Crippen molar-refractivity contribution in [2.45, 2.75) is 19.5 Å². The Morgan fingerprint density at radius 1 is 0.966 bits per heavy atom. The summed E-state index contributed by atoms with van der Waals surface area (Å²) < 4.78 is 45.7. The van der Waals surface area contributed by atoms with Crippen molar-refractivity contribution in [2.24, 2.45) is 5.73 Å². The topological polar surface area (TPSA) is 92.0 Å². The van der Waals surface area contributed by atoms with Crippen LogP contribution in [0.4, 0.5) is 14.5 Å². The number of halogens is 2. The van der Waals surface area contributed by atoms with Gasteiger partial charge >= 0.3 is 6.61 Å². The zero-order chi connectivity index (χ0) is 21.4. The Bertz CT molecular complexity index is 821. The molecule has 0 saturated heterocycles. The quantitative estimate of drug-likeness (QED) is 0.626. The number of carbonyl (C=O) groups is 1. The average molecular weight is 410 g/mol. The van der Waals surface area contributed by atoms with E-state index in [1.54, 1.807) is 12.1 Å².